The molecular weight excluding hydrogens is 332 g/mol. The van der Waals surface area contributed by atoms with Crippen LogP contribution >= 0.6 is 15.9 Å². The van der Waals surface area contributed by atoms with Gasteiger partial charge in [0.15, 0.2) is 0 Å². The quantitative estimate of drug-likeness (QED) is 0.846. The van der Waals surface area contributed by atoms with Gasteiger partial charge in [-0.25, -0.2) is 4.98 Å². The highest BCUT2D eigenvalue weighted by Gasteiger charge is 2.20. The predicted octanol–water partition coefficient (Wildman–Crippen LogP) is 1.69. The minimum absolute atomic E-state index is 0.641. The summed E-state index contributed by atoms with van der Waals surface area (Å²) < 4.78 is 2.91. The molecule has 0 saturated carbocycles. The van der Waals surface area contributed by atoms with Gasteiger partial charge < -0.3 is 4.90 Å². The number of hydrogen-bond donors (Lipinski definition) is 0. The first-order valence-corrected chi connectivity index (χ1v) is 7.56. The first-order valence-electron chi connectivity index (χ1n) is 6.76. The van der Waals surface area contributed by atoms with Crippen molar-refractivity contribution in [2.45, 2.75) is 6.67 Å². The number of nitrogens with zero attached hydrogens (tertiary/aromatic N) is 6. The van der Waals surface area contributed by atoms with Gasteiger partial charge in [-0.1, -0.05) is 0 Å². The molecule has 0 bridgehead atoms. The first-order chi connectivity index (χ1) is 10.3. The lowest BCUT2D eigenvalue weighted by Crippen LogP contribution is -2.47. The summed E-state index contributed by atoms with van der Waals surface area (Å²) in [5.74, 6) is 0.793. The molecule has 21 heavy (non-hydrogen) atoms. The molecule has 0 N–H and O–H groups in total. The summed E-state index contributed by atoms with van der Waals surface area (Å²) in [7, 11) is 0. The van der Waals surface area contributed by atoms with Gasteiger partial charge in [0, 0.05) is 38.6 Å². The molecule has 0 unspecified atom stereocenters. The number of anilines is 1. The lowest BCUT2D eigenvalue weighted by Gasteiger charge is -2.35. The maximum atomic E-state index is 9.16. The van der Waals surface area contributed by atoms with Crippen LogP contribution in [0.3, 0.4) is 0 Å². The standard InChI is InChI=1S/C14H15BrN6/c15-13-9-18-21(10-13)11-19-4-6-20(7-5-19)14-12(8-16)2-1-3-17-14/h1-3,9-10H,4-7,11H2. The van der Waals surface area contributed by atoms with Gasteiger partial charge in [-0.3, -0.25) is 9.58 Å². The molecule has 1 aliphatic rings. The molecule has 2 aromatic rings. The van der Waals surface area contributed by atoms with Crippen LogP contribution < -0.4 is 4.90 Å². The Hall–Kier alpha value is -1.91. The van der Waals surface area contributed by atoms with Crippen molar-refractivity contribution in [3.8, 4) is 6.07 Å². The van der Waals surface area contributed by atoms with Crippen LogP contribution in [-0.2, 0) is 6.67 Å². The van der Waals surface area contributed by atoms with Gasteiger partial charge in [0.2, 0.25) is 0 Å². The van der Waals surface area contributed by atoms with Crippen molar-refractivity contribution in [3.63, 3.8) is 0 Å². The topological polar surface area (TPSA) is 61.0 Å². The third-order valence-corrected chi connectivity index (χ3v) is 3.94. The Morgan fingerprint density at radius 1 is 1.29 bits per heavy atom. The molecule has 0 aromatic carbocycles. The summed E-state index contributed by atoms with van der Waals surface area (Å²) in [4.78, 5) is 8.86. The Labute approximate surface area is 131 Å². The fourth-order valence-electron chi connectivity index (χ4n) is 2.46. The minimum Gasteiger partial charge on any atom is -0.353 e. The van der Waals surface area contributed by atoms with E-state index in [9.17, 15) is 0 Å². The molecule has 6 nitrogen and oxygen atoms in total. The zero-order chi connectivity index (χ0) is 14.7. The molecule has 0 spiro atoms. The van der Waals surface area contributed by atoms with Crippen LogP contribution in [0, 0.1) is 11.3 Å². The van der Waals surface area contributed by atoms with Gasteiger partial charge in [0.05, 0.1) is 22.9 Å². The zero-order valence-corrected chi connectivity index (χ0v) is 13.1. The van der Waals surface area contributed by atoms with Gasteiger partial charge >= 0.3 is 0 Å². The third kappa shape index (κ3) is 3.23. The normalized spacial score (nSPS) is 15.9. The van der Waals surface area contributed by atoms with Crippen LogP contribution in [0.1, 0.15) is 5.56 Å². The fraction of sp³-hybridized carbons (Fsp3) is 0.357. The molecule has 0 amide bonds. The van der Waals surface area contributed by atoms with Crippen LogP contribution in [-0.4, -0.2) is 45.8 Å². The largest absolute Gasteiger partial charge is 0.353 e. The van der Waals surface area contributed by atoms with Gasteiger partial charge in [-0.05, 0) is 28.1 Å². The van der Waals surface area contributed by atoms with E-state index in [0.29, 0.717) is 5.56 Å². The Balaban J connectivity index is 1.61. The first kappa shape index (κ1) is 14.0. The Morgan fingerprint density at radius 2 is 2.10 bits per heavy atom. The van der Waals surface area contributed by atoms with Crippen molar-refractivity contribution in [2.24, 2.45) is 0 Å². The number of piperazine rings is 1. The van der Waals surface area contributed by atoms with Crippen molar-refractivity contribution in [1.82, 2.24) is 19.7 Å². The lowest BCUT2D eigenvalue weighted by atomic mass is 10.2. The number of rotatable bonds is 3. The number of hydrogen-bond acceptors (Lipinski definition) is 5. The van der Waals surface area contributed by atoms with Crippen molar-refractivity contribution in [3.05, 3.63) is 40.8 Å². The summed E-state index contributed by atoms with van der Waals surface area (Å²) in [5.41, 5.74) is 0.641. The summed E-state index contributed by atoms with van der Waals surface area (Å²) in [6.45, 7) is 4.38. The molecule has 1 fully saturated rings. The highest BCUT2D eigenvalue weighted by Crippen LogP contribution is 2.18. The van der Waals surface area contributed by atoms with Gasteiger partial charge in [-0.2, -0.15) is 10.4 Å². The highest BCUT2D eigenvalue weighted by atomic mass is 79.9. The van der Waals surface area contributed by atoms with Gasteiger partial charge in [-0.15, -0.1) is 0 Å². The molecule has 0 radical (unpaired) electrons. The molecule has 0 atom stereocenters. The fourth-order valence-corrected chi connectivity index (χ4v) is 2.79. The van der Waals surface area contributed by atoms with E-state index in [2.05, 4.69) is 41.9 Å². The number of aromatic nitrogens is 3. The average Bonchev–Trinajstić information content (AvgIpc) is 2.93. The molecule has 0 aliphatic carbocycles. The zero-order valence-electron chi connectivity index (χ0n) is 11.5. The maximum absolute atomic E-state index is 9.16. The molecule has 1 aliphatic heterocycles. The van der Waals surface area contributed by atoms with Crippen LogP contribution in [0.4, 0.5) is 5.82 Å². The molecule has 3 heterocycles. The van der Waals surface area contributed by atoms with E-state index in [-0.39, 0.29) is 0 Å². The van der Waals surface area contributed by atoms with Crippen LogP contribution in [0.15, 0.2) is 35.2 Å². The van der Waals surface area contributed by atoms with Gasteiger partial charge in [0.25, 0.3) is 0 Å². The molecule has 2 aromatic heterocycles. The molecule has 7 heteroatoms. The van der Waals surface area contributed by atoms with Crippen LogP contribution in [0.25, 0.3) is 0 Å². The molecule has 3 rings (SSSR count). The van der Waals surface area contributed by atoms with Crippen molar-refractivity contribution in [1.29, 1.82) is 5.26 Å². The van der Waals surface area contributed by atoms with E-state index in [1.165, 1.54) is 0 Å². The van der Waals surface area contributed by atoms with E-state index >= 15 is 0 Å². The van der Waals surface area contributed by atoms with Crippen molar-refractivity contribution < 1.29 is 0 Å². The minimum atomic E-state index is 0.641. The predicted molar refractivity (Wildman–Crippen MR) is 82.7 cm³/mol. The van der Waals surface area contributed by atoms with Crippen LogP contribution in [0.5, 0.6) is 0 Å². The van der Waals surface area contributed by atoms with Crippen molar-refractivity contribution >= 4 is 21.7 Å². The Kier molecular flexibility index (Phi) is 4.18. The third-order valence-electron chi connectivity index (χ3n) is 3.53. The monoisotopic (exact) mass is 346 g/mol. The Bertz CT molecular complexity index is 653. The summed E-state index contributed by atoms with van der Waals surface area (Å²) in [5, 5.41) is 13.4. The van der Waals surface area contributed by atoms with Crippen molar-refractivity contribution in [2.75, 3.05) is 31.1 Å². The second-order valence-electron chi connectivity index (χ2n) is 4.93. The molecule has 1 saturated heterocycles. The summed E-state index contributed by atoms with van der Waals surface area (Å²) in [6.07, 6.45) is 5.51. The van der Waals surface area contributed by atoms with Crippen LogP contribution in [0.2, 0.25) is 0 Å². The van der Waals surface area contributed by atoms with E-state index in [4.69, 9.17) is 5.26 Å². The van der Waals surface area contributed by atoms with E-state index in [1.54, 1.807) is 18.5 Å². The van der Waals surface area contributed by atoms with E-state index in [0.717, 1.165) is 43.1 Å². The van der Waals surface area contributed by atoms with E-state index in [1.807, 2.05) is 16.9 Å². The second-order valence-corrected chi connectivity index (χ2v) is 5.85. The second kappa shape index (κ2) is 6.24. The van der Waals surface area contributed by atoms with E-state index < -0.39 is 0 Å². The number of halogens is 1. The number of pyridine rings is 1. The smallest absolute Gasteiger partial charge is 0.146 e. The van der Waals surface area contributed by atoms with Gasteiger partial charge in [0.1, 0.15) is 11.9 Å². The average molecular weight is 347 g/mol. The molecule has 108 valence electrons. The summed E-state index contributed by atoms with van der Waals surface area (Å²) in [6, 6.07) is 5.82. The Morgan fingerprint density at radius 3 is 2.76 bits per heavy atom. The lowest BCUT2D eigenvalue weighted by molar-refractivity contribution is 0.195. The highest BCUT2D eigenvalue weighted by molar-refractivity contribution is 9.10. The SMILES string of the molecule is N#Cc1cccnc1N1CCN(Cn2cc(Br)cn2)CC1. The maximum Gasteiger partial charge on any atom is 0.146 e. The molecular formula is C14H15BrN6. The summed E-state index contributed by atoms with van der Waals surface area (Å²) >= 11 is 3.40. The number of nitriles is 1.